The van der Waals surface area contributed by atoms with Gasteiger partial charge in [0.2, 0.25) is 0 Å². The van der Waals surface area contributed by atoms with Crippen LogP contribution in [0.2, 0.25) is 0 Å². The molecule has 78 valence electrons. The number of nitrogens with zero attached hydrogens (tertiary/aromatic N) is 1. The molecule has 0 aromatic heterocycles. The van der Waals surface area contributed by atoms with E-state index in [-0.39, 0.29) is 5.78 Å². The van der Waals surface area contributed by atoms with Gasteiger partial charge in [0, 0.05) is 18.5 Å². The molecule has 1 N–H and O–H groups in total. The molecule has 1 saturated heterocycles. The smallest absolute Gasteiger partial charge is 0.182 e. The number of benzene rings is 1. The first-order chi connectivity index (χ1) is 7.27. The van der Waals surface area contributed by atoms with Gasteiger partial charge in [0.15, 0.2) is 5.78 Å². The predicted octanol–water partition coefficient (Wildman–Crippen LogP) is 1.94. The number of rotatable bonds is 3. The third-order valence-corrected chi connectivity index (χ3v) is 2.65. The van der Waals surface area contributed by atoms with E-state index in [0.29, 0.717) is 12.4 Å². The predicted molar refractivity (Wildman–Crippen MR) is 59.3 cm³/mol. The standard InChI is InChI=1S/C12H14N2O/c13-12-7-4-8-14(12)9-11(15)10-5-2-1-3-6-10/h1-3,5-6,13H,4,7-9H2. The second-order valence-corrected chi connectivity index (χ2v) is 3.76. The highest BCUT2D eigenvalue weighted by atomic mass is 16.1. The van der Waals surface area contributed by atoms with E-state index in [2.05, 4.69) is 0 Å². The Labute approximate surface area is 89.2 Å². The maximum atomic E-state index is 11.8. The fourth-order valence-electron chi connectivity index (χ4n) is 1.79. The van der Waals surface area contributed by atoms with Crippen LogP contribution in [0.4, 0.5) is 0 Å². The van der Waals surface area contributed by atoms with E-state index in [9.17, 15) is 4.79 Å². The van der Waals surface area contributed by atoms with Crippen LogP contribution in [-0.4, -0.2) is 29.6 Å². The zero-order chi connectivity index (χ0) is 10.7. The fourth-order valence-corrected chi connectivity index (χ4v) is 1.79. The van der Waals surface area contributed by atoms with Crippen molar-refractivity contribution in [3.8, 4) is 0 Å². The molecule has 1 aliphatic heterocycles. The van der Waals surface area contributed by atoms with Gasteiger partial charge in [-0.2, -0.15) is 0 Å². The number of carbonyl (C=O) groups is 1. The Bertz CT molecular complexity index is 372. The van der Waals surface area contributed by atoms with Gasteiger partial charge in [-0.3, -0.25) is 10.2 Å². The van der Waals surface area contributed by atoms with Gasteiger partial charge in [0.05, 0.1) is 12.4 Å². The molecule has 0 unspecified atom stereocenters. The largest absolute Gasteiger partial charge is 0.353 e. The van der Waals surface area contributed by atoms with Gasteiger partial charge in [-0.1, -0.05) is 30.3 Å². The summed E-state index contributed by atoms with van der Waals surface area (Å²) in [4.78, 5) is 13.7. The molecule has 0 bridgehead atoms. The van der Waals surface area contributed by atoms with Crippen molar-refractivity contribution in [3.63, 3.8) is 0 Å². The number of amidine groups is 1. The van der Waals surface area contributed by atoms with E-state index in [1.54, 1.807) is 0 Å². The minimum atomic E-state index is 0.0993. The monoisotopic (exact) mass is 202 g/mol. The van der Waals surface area contributed by atoms with Gasteiger partial charge in [-0.15, -0.1) is 0 Å². The Hall–Kier alpha value is -1.64. The summed E-state index contributed by atoms with van der Waals surface area (Å²) < 4.78 is 0. The van der Waals surface area contributed by atoms with Crippen molar-refractivity contribution in [1.82, 2.24) is 4.90 Å². The highest BCUT2D eigenvalue weighted by Crippen LogP contribution is 2.11. The summed E-state index contributed by atoms with van der Waals surface area (Å²) in [6, 6.07) is 9.27. The van der Waals surface area contributed by atoms with Crippen LogP contribution in [0.15, 0.2) is 30.3 Å². The third-order valence-electron chi connectivity index (χ3n) is 2.65. The van der Waals surface area contributed by atoms with Crippen molar-refractivity contribution >= 4 is 11.6 Å². The number of nitrogens with one attached hydrogen (secondary N) is 1. The first-order valence-corrected chi connectivity index (χ1v) is 5.18. The van der Waals surface area contributed by atoms with Crippen LogP contribution in [0, 0.1) is 5.41 Å². The Balaban J connectivity index is 2.01. The first kappa shape index (κ1) is 9.90. The maximum absolute atomic E-state index is 11.8. The molecular weight excluding hydrogens is 188 g/mol. The maximum Gasteiger partial charge on any atom is 0.182 e. The molecule has 15 heavy (non-hydrogen) atoms. The molecule has 2 rings (SSSR count). The summed E-state index contributed by atoms with van der Waals surface area (Å²) in [6.07, 6.45) is 1.81. The molecule has 0 saturated carbocycles. The Kier molecular flexibility index (Phi) is 2.81. The molecule has 0 atom stereocenters. The number of ketones is 1. The molecule has 0 radical (unpaired) electrons. The highest BCUT2D eigenvalue weighted by molar-refractivity contribution is 5.99. The molecule has 1 heterocycles. The van der Waals surface area contributed by atoms with Crippen LogP contribution < -0.4 is 0 Å². The summed E-state index contributed by atoms with van der Waals surface area (Å²) in [5, 5.41) is 7.64. The van der Waals surface area contributed by atoms with Crippen molar-refractivity contribution in [2.75, 3.05) is 13.1 Å². The Morgan fingerprint density at radius 1 is 1.33 bits per heavy atom. The van der Waals surface area contributed by atoms with Crippen LogP contribution in [0.3, 0.4) is 0 Å². The molecular formula is C12H14N2O. The summed E-state index contributed by atoms with van der Waals surface area (Å²) in [5.41, 5.74) is 0.734. The van der Waals surface area contributed by atoms with Gasteiger partial charge >= 0.3 is 0 Å². The molecule has 0 spiro atoms. The summed E-state index contributed by atoms with van der Waals surface area (Å²) >= 11 is 0. The lowest BCUT2D eigenvalue weighted by atomic mass is 10.1. The zero-order valence-corrected chi connectivity index (χ0v) is 8.57. The van der Waals surface area contributed by atoms with Crippen molar-refractivity contribution in [1.29, 1.82) is 5.41 Å². The van der Waals surface area contributed by atoms with Crippen LogP contribution in [-0.2, 0) is 0 Å². The minimum absolute atomic E-state index is 0.0993. The van der Waals surface area contributed by atoms with E-state index >= 15 is 0 Å². The summed E-state index contributed by atoms with van der Waals surface area (Å²) in [6.45, 7) is 1.19. The first-order valence-electron chi connectivity index (χ1n) is 5.18. The lowest BCUT2D eigenvalue weighted by Crippen LogP contribution is -2.30. The van der Waals surface area contributed by atoms with Gasteiger partial charge in [-0.25, -0.2) is 0 Å². The Morgan fingerprint density at radius 3 is 2.67 bits per heavy atom. The highest BCUT2D eigenvalue weighted by Gasteiger charge is 2.19. The van der Waals surface area contributed by atoms with Gasteiger partial charge in [0.1, 0.15) is 0 Å². The normalized spacial score (nSPS) is 15.7. The van der Waals surface area contributed by atoms with E-state index in [1.807, 2.05) is 35.2 Å². The number of likely N-dealkylation sites (tertiary alicyclic amines) is 1. The molecule has 0 aliphatic carbocycles. The van der Waals surface area contributed by atoms with Crippen LogP contribution >= 0.6 is 0 Å². The van der Waals surface area contributed by atoms with Crippen LogP contribution in [0.1, 0.15) is 23.2 Å². The lowest BCUT2D eigenvalue weighted by molar-refractivity contribution is 0.0966. The number of Topliss-reactive ketones (excluding diaryl/α,β-unsaturated/α-hetero) is 1. The molecule has 1 aliphatic rings. The molecule has 3 heteroatoms. The quantitative estimate of drug-likeness (QED) is 0.761. The van der Waals surface area contributed by atoms with Crippen LogP contribution in [0.5, 0.6) is 0 Å². The number of hydrogen-bond acceptors (Lipinski definition) is 2. The fraction of sp³-hybridized carbons (Fsp3) is 0.333. The number of hydrogen-bond donors (Lipinski definition) is 1. The topological polar surface area (TPSA) is 44.2 Å². The van der Waals surface area contributed by atoms with Gasteiger partial charge < -0.3 is 4.90 Å². The third kappa shape index (κ3) is 2.24. The van der Waals surface area contributed by atoms with E-state index in [4.69, 9.17) is 5.41 Å². The number of carbonyl (C=O) groups excluding carboxylic acids is 1. The molecule has 1 aromatic carbocycles. The van der Waals surface area contributed by atoms with E-state index < -0.39 is 0 Å². The summed E-state index contributed by atoms with van der Waals surface area (Å²) in [7, 11) is 0. The van der Waals surface area contributed by atoms with E-state index in [0.717, 1.165) is 24.9 Å². The van der Waals surface area contributed by atoms with Crippen molar-refractivity contribution in [2.45, 2.75) is 12.8 Å². The van der Waals surface area contributed by atoms with Crippen molar-refractivity contribution in [3.05, 3.63) is 35.9 Å². The van der Waals surface area contributed by atoms with Crippen molar-refractivity contribution in [2.24, 2.45) is 0 Å². The second kappa shape index (κ2) is 4.26. The zero-order valence-electron chi connectivity index (χ0n) is 8.57. The lowest BCUT2D eigenvalue weighted by Gasteiger charge is -2.16. The van der Waals surface area contributed by atoms with Gasteiger partial charge in [0.25, 0.3) is 0 Å². The average molecular weight is 202 g/mol. The van der Waals surface area contributed by atoms with E-state index in [1.165, 1.54) is 0 Å². The second-order valence-electron chi connectivity index (χ2n) is 3.76. The SMILES string of the molecule is N=C1CCCN1CC(=O)c1ccccc1. The van der Waals surface area contributed by atoms with Gasteiger partial charge in [-0.05, 0) is 6.42 Å². The summed E-state index contributed by atoms with van der Waals surface area (Å²) in [5.74, 6) is 0.696. The van der Waals surface area contributed by atoms with Crippen LogP contribution in [0.25, 0.3) is 0 Å². The average Bonchev–Trinajstić information content (AvgIpc) is 2.66. The minimum Gasteiger partial charge on any atom is -0.353 e. The molecule has 1 fully saturated rings. The Morgan fingerprint density at radius 2 is 2.07 bits per heavy atom. The molecule has 0 amide bonds. The molecule has 3 nitrogen and oxygen atoms in total. The van der Waals surface area contributed by atoms with Crippen molar-refractivity contribution < 1.29 is 4.79 Å². The molecule has 1 aromatic rings.